The maximum absolute atomic E-state index is 8.73. The smallest absolute Gasteiger partial charge is 0.214 e. The molecule has 0 unspecified atom stereocenters. The summed E-state index contributed by atoms with van der Waals surface area (Å²) in [5.41, 5.74) is 0.919. The average molecular weight is 222 g/mol. The molecule has 0 spiro atoms. The summed E-state index contributed by atoms with van der Waals surface area (Å²) in [6.45, 7) is 0.117. The number of rotatable bonds is 4. The molecule has 0 radical (unpaired) electrons. The molecule has 0 bridgehead atoms. The standard InChI is InChI=1S/C9H10N4OS/c14-6-7-15-9-10-11-12-13(9)8-4-2-1-3-5-8/h1-5,14H,6-7H2. The number of tetrazole rings is 1. The van der Waals surface area contributed by atoms with E-state index in [1.54, 1.807) is 4.68 Å². The van der Waals surface area contributed by atoms with Gasteiger partial charge in [0.2, 0.25) is 5.16 Å². The fourth-order valence-electron chi connectivity index (χ4n) is 1.14. The Morgan fingerprint density at radius 3 is 2.80 bits per heavy atom. The number of thioether (sulfide) groups is 1. The van der Waals surface area contributed by atoms with Gasteiger partial charge in [0.1, 0.15) is 0 Å². The number of benzene rings is 1. The number of para-hydroxylation sites is 1. The molecule has 1 aromatic carbocycles. The van der Waals surface area contributed by atoms with Gasteiger partial charge in [-0.1, -0.05) is 30.0 Å². The first-order valence-corrected chi connectivity index (χ1v) is 5.48. The topological polar surface area (TPSA) is 63.8 Å². The maximum Gasteiger partial charge on any atom is 0.214 e. The van der Waals surface area contributed by atoms with Crippen LogP contribution in [0, 0.1) is 0 Å². The van der Waals surface area contributed by atoms with Crippen molar-refractivity contribution >= 4 is 11.8 Å². The minimum Gasteiger partial charge on any atom is -0.396 e. The van der Waals surface area contributed by atoms with Gasteiger partial charge in [0.25, 0.3) is 0 Å². The van der Waals surface area contributed by atoms with Crippen LogP contribution < -0.4 is 0 Å². The molecule has 2 aromatic rings. The van der Waals surface area contributed by atoms with E-state index in [4.69, 9.17) is 5.11 Å². The zero-order chi connectivity index (χ0) is 10.5. The minimum absolute atomic E-state index is 0.117. The third kappa shape index (κ3) is 2.34. The summed E-state index contributed by atoms with van der Waals surface area (Å²) >= 11 is 1.43. The van der Waals surface area contributed by atoms with E-state index in [2.05, 4.69) is 15.5 Å². The van der Waals surface area contributed by atoms with Crippen molar-refractivity contribution in [3.63, 3.8) is 0 Å². The van der Waals surface area contributed by atoms with E-state index >= 15 is 0 Å². The Hall–Kier alpha value is -1.40. The van der Waals surface area contributed by atoms with Crippen molar-refractivity contribution in [3.05, 3.63) is 30.3 Å². The number of aromatic nitrogens is 4. The lowest BCUT2D eigenvalue weighted by Gasteiger charge is -2.02. The molecule has 1 heterocycles. The molecule has 0 saturated heterocycles. The van der Waals surface area contributed by atoms with Gasteiger partial charge in [-0.15, -0.1) is 5.10 Å². The summed E-state index contributed by atoms with van der Waals surface area (Å²) in [7, 11) is 0. The van der Waals surface area contributed by atoms with Gasteiger partial charge in [0.05, 0.1) is 12.3 Å². The molecule has 1 aromatic heterocycles. The summed E-state index contributed by atoms with van der Waals surface area (Å²) in [6, 6.07) is 9.65. The number of hydrogen-bond acceptors (Lipinski definition) is 5. The molecular formula is C9H10N4OS. The van der Waals surface area contributed by atoms with E-state index in [0.29, 0.717) is 10.9 Å². The molecule has 78 valence electrons. The first-order valence-electron chi connectivity index (χ1n) is 4.49. The number of aliphatic hydroxyl groups excluding tert-OH is 1. The predicted molar refractivity (Wildman–Crippen MR) is 57.0 cm³/mol. The second kappa shape index (κ2) is 4.90. The second-order valence-corrected chi connectivity index (χ2v) is 3.84. The molecular weight excluding hydrogens is 212 g/mol. The Balaban J connectivity index is 2.25. The van der Waals surface area contributed by atoms with Gasteiger partial charge in [0.15, 0.2) is 0 Å². The van der Waals surface area contributed by atoms with Crippen molar-refractivity contribution < 1.29 is 5.11 Å². The Bertz CT molecular complexity index is 417. The van der Waals surface area contributed by atoms with Crippen LogP contribution >= 0.6 is 11.8 Å². The third-order valence-electron chi connectivity index (χ3n) is 1.76. The first kappa shape index (κ1) is 10.1. The van der Waals surface area contributed by atoms with Gasteiger partial charge < -0.3 is 5.11 Å². The molecule has 2 rings (SSSR count). The van der Waals surface area contributed by atoms with Crippen LogP contribution in [0.4, 0.5) is 0 Å². The van der Waals surface area contributed by atoms with Gasteiger partial charge >= 0.3 is 0 Å². The molecule has 0 saturated carbocycles. The molecule has 0 atom stereocenters. The Kier molecular flexibility index (Phi) is 3.31. The molecule has 0 aliphatic rings. The van der Waals surface area contributed by atoms with Crippen molar-refractivity contribution in [2.24, 2.45) is 0 Å². The van der Waals surface area contributed by atoms with Gasteiger partial charge in [-0.3, -0.25) is 0 Å². The largest absolute Gasteiger partial charge is 0.396 e. The molecule has 5 nitrogen and oxygen atoms in total. The van der Waals surface area contributed by atoms with Crippen LogP contribution in [0.15, 0.2) is 35.5 Å². The van der Waals surface area contributed by atoms with Crippen LogP contribution in [0.25, 0.3) is 5.69 Å². The van der Waals surface area contributed by atoms with Crippen LogP contribution in [-0.2, 0) is 0 Å². The monoisotopic (exact) mass is 222 g/mol. The van der Waals surface area contributed by atoms with E-state index in [-0.39, 0.29) is 6.61 Å². The summed E-state index contributed by atoms with van der Waals surface area (Å²) in [4.78, 5) is 0. The van der Waals surface area contributed by atoms with Crippen LogP contribution in [0.3, 0.4) is 0 Å². The molecule has 6 heteroatoms. The highest BCUT2D eigenvalue weighted by molar-refractivity contribution is 7.99. The number of aliphatic hydroxyl groups is 1. The molecule has 0 aliphatic heterocycles. The van der Waals surface area contributed by atoms with Crippen molar-refractivity contribution in [2.75, 3.05) is 12.4 Å². The van der Waals surface area contributed by atoms with E-state index < -0.39 is 0 Å². The normalized spacial score (nSPS) is 10.5. The highest BCUT2D eigenvalue weighted by Gasteiger charge is 2.07. The highest BCUT2D eigenvalue weighted by atomic mass is 32.2. The molecule has 15 heavy (non-hydrogen) atoms. The minimum atomic E-state index is 0.117. The second-order valence-electron chi connectivity index (χ2n) is 2.78. The molecule has 1 N–H and O–H groups in total. The van der Waals surface area contributed by atoms with Gasteiger partial charge in [-0.05, 0) is 22.6 Å². The van der Waals surface area contributed by atoms with E-state index in [0.717, 1.165) is 5.69 Å². The number of hydrogen-bond donors (Lipinski definition) is 1. The van der Waals surface area contributed by atoms with Crippen LogP contribution in [-0.4, -0.2) is 37.7 Å². The lowest BCUT2D eigenvalue weighted by Crippen LogP contribution is -1.99. The molecule has 0 aliphatic carbocycles. The summed E-state index contributed by atoms with van der Waals surface area (Å²) in [5.74, 6) is 0.590. The lowest BCUT2D eigenvalue weighted by atomic mass is 10.3. The lowest BCUT2D eigenvalue weighted by molar-refractivity contribution is 0.322. The van der Waals surface area contributed by atoms with Crippen molar-refractivity contribution in [3.8, 4) is 5.69 Å². The van der Waals surface area contributed by atoms with Gasteiger partial charge in [-0.25, -0.2) is 0 Å². The van der Waals surface area contributed by atoms with Crippen molar-refractivity contribution in [1.29, 1.82) is 0 Å². The van der Waals surface area contributed by atoms with E-state index in [1.807, 2.05) is 30.3 Å². The zero-order valence-corrected chi connectivity index (χ0v) is 8.76. The first-order chi connectivity index (χ1) is 7.42. The van der Waals surface area contributed by atoms with Crippen LogP contribution in [0.5, 0.6) is 0 Å². The van der Waals surface area contributed by atoms with Gasteiger partial charge in [0, 0.05) is 5.75 Å². The molecule has 0 fully saturated rings. The summed E-state index contributed by atoms with van der Waals surface area (Å²) in [6.07, 6.45) is 0. The highest BCUT2D eigenvalue weighted by Crippen LogP contribution is 2.16. The van der Waals surface area contributed by atoms with Crippen LogP contribution in [0.2, 0.25) is 0 Å². The SMILES string of the molecule is OCCSc1nnnn1-c1ccccc1. The summed E-state index contributed by atoms with van der Waals surface area (Å²) < 4.78 is 1.65. The fourth-order valence-corrected chi connectivity index (χ4v) is 1.77. The van der Waals surface area contributed by atoms with Gasteiger partial charge in [-0.2, -0.15) is 4.68 Å². The van der Waals surface area contributed by atoms with Crippen molar-refractivity contribution in [1.82, 2.24) is 20.2 Å². The zero-order valence-electron chi connectivity index (χ0n) is 7.95. The van der Waals surface area contributed by atoms with Crippen LogP contribution in [0.1, 0.15) is 0 Å². The summed E-state index contributed by atoms with van der Waals surface area (Å²) in [5, 5.41) is 20.8. The Morgan fingerprint density at radius 2 is 2.07 bits per heavy atom. The number of nitrogens with zero attached hydrogens (tertiary/aromatic N) is 4. The molecule has 0 amide bonds. The predicted octanol–water partition coefficient (Wildman–Crippen LogP) is 0.747. The Morgan fingerprint density at radius 1 is 1.27 bits per heavy atom. The maximum atomic E-state index is 8.73. The van der Waals surface area contributed by atoms with Crippen molar-refractivity contribution in [2.45, 2.75) is 5.16 Å². The van der Waals surface area contributed by atoms with E-state index in [9.17, 15) is 0 Å². The fraction of sp³-hybridized carbons (Fsp3) is 0.222. The Labute approximate surface area is 91.1 Å². The van der Waals surface area contributed by atoms with E-state index in [1.165, 1.54) is 11.8 Å². The average Bonchev–Trinajstić information content (AvgIpc) is 2.75. The third-order valence-corrected chi connectivity index (χ3v) is 2.66. The quantitative estimate of drug-likeness (QED) is 0.773.